The fraction of sp³-hybridized carbons (Fsp3) is 0.727. The number of hydrogen-bond donors (Lipinski definition) is 1. The Hall–Kier alpha value is -2.18. The van der Waals surface area contributed by atoms with Crippen molar-refractivity contribution in [1.82, 2.24) is 0 Å². The summed E-state index contributed by atoms with van der Waals surface area (Å²) >= 11 is 0. The van der Waals surface area contributed by atoms with Crippen molar-refractivity contribution in [1.29, 1.82) is 0 Å². The van der Waals surface area contributed by atoms with Crippen LogP contribution in [0.5, 0.6) is 0 Å². The second-order valence-corrected chi connectivity index (χ2v) is 7.16. The van der Waals surface area contributed by atoms with Crippen molar-refractivity contribution < 1.29 is 33.8 Å². The molecule has 0 bridgehead atoms. The van der Waals surface area contributed by atoms with Gasteiger partial charge in [-0.15, -0.1) is 0 Å². The second kappa shape index (κ2) is 16.7. The van der Waals surface area contributed by atoms with Gasteiger partial charge in [0.2, 0.25) is 0 Å². The van der Waals surface area contributed by atoms with E-state index in [2.05, 4.69) is 6.92 Å². The van der Waals surface area contributed by atoms with Crippen molar-refractivity contribution in [3.8, 4) is 0 Å². The molecule has 0 aromatic rings. The van der Waals surface area contributed by atoms with Crippen LogP contribution in [-0.2, 0) is 28.7 Å². The molecule has 7 heteroatoms. The fourth-order valence-corrected chi connectivity index (χ4v) is 2.91. The standard InChI is InChI=1S/C22H36O7/c1-4-5-6-7-8-12-15-20(28-17(2)23)22(29-18(3)24)19(25)14-11-9-10-13-16-21(26)27/h8,12,20,22H,4-7,9-11,13-16H2,1-3H3,(H,26,27)/b12-8-/t20-,22-/m0/s1. The van der Waals surface area contributed by atoms with E-state index in [1.54, 1.807) is 0 Å². The molecule has 7 nitrogen and oxygen atoms in total. The summed E-state index contributed by atoms with van der Waals surface area (Å²) in [5.74, 6) is -2.26. The number of carboxylic acids is 1. The zero-order chi connectivity index (χ0) is 22.1. The number of allylic oxidation sites excluding steroid dienone is 1. The minimum absolute atomic E-state index is 0.114. The van der Waals surface area contributed by atoms with Gasteiger partial charge in [-0.1, -0.05) is 44.8 Å². The summed E-state index contributed by atoms with van der Waals surface area (Å²) in [5.41, 5.74) is 0. The predicted molar refractivity (Wildman–Crippen MR) is 109 cm³/mol. The van der Waals surface area contributed by atoms with Gasteiger partial charge in [-0.2, -0.15) is 0 Å². The van der Waals surface area contributed by atoms with Crippen LogP contribution in [0.3, 0.4) is 0 Å². The van der Waals surface area contributed by atoms with E-state index in [0.29, 0.717) is 32.1 Å². The molecule has 0 rings (SSSR count). The number of hydrogen-bond acceptors (Lipinski definition) is 6. The summed E-state index contributed by atoms with van der Waals surface area (Å²) in [6.07, 6.45) is 9.26. The second-order valence-electron chi connectivity index (χ2n) is 7.16. The highest BCUT2D eigenvalue weighted by molar-refractivity contribution is 5.86. The summed E-state index contributed by atoms with van der Waals surface area (Å²) in [7, 11) is 0. The zero-order valence-electron chi connectivity index (χ0n) is 18.0. The normalized spacial score (nSPS) is 13.1. The Kier molecular flexibility index (Phi) is 15.5. The molecule has 0 aliphatic heterocycles. The van der Waals surface area contributed by atoms with Gasteiger partial charge in [0.1, 0.15) is 6.10 Å². The van der Waals surface area contributed by atoms with Crippen molar-refractivity contribution >= 4 is 23.7 Å². The molecular formula is C22H36O7. The molecule has 0 unspecified atom stereocenters. The topological polar surface area (TPSA) is 107 Å². The molecule has 0 saturated carbocycles. The SMILES string of the molecule is CCCCC/C=C\C[C@H](OC(C)=O)[C@@H](OC(C)=O)C(=O)CCCCCCC(=O)O. The van der Waals surface area contributed by atoms with E-state index < -0.39 is 30.1 Å². The molecule has 29 heavy (non-hydrogen) atoms. The van der Waals surface area contributed by atoms with Gasteiger partial charge in [-0.05, 0) is 25.7 Å². The molecule has 166 valence electrons. The van der Waals surface area contributed by atoms with Gasteiger partial charge in [0, 0.05) is 33.1 Å². The van der Waals surface area contributed by atoms with Crippen molar-refractivity contribution in [2.45, 2.75) is 104 Å². The monoisotopic (exact) mass is 412 g/mol. The van der Waals surface area contributed by atoms with Crippen LogP contribution in [0.2, 0.25) is 0 Å². The Morgan fingerprint density at radius 1 is 0.828 bits per heavy atom. The van der Waals surface area contributed by atoms with E-state index in [-0.39, 0.29) is 18.6 Å². The van der Waals surface area contributed by atoms with Crippen molar-refractivity contribution in [3.05, 3.63) is 12.2 Å². The van der Waals surface area contributed by atoms with Gasteiger partial charge in [0.05, 0.1) is 0 Å². The van der Waals surface area contributed by atoms with Crippen LogP contribution in [-0.4, -0.2) is 41.0 Å². The van der Waals surface area contributed by atoms with Crippen molar-refractivity contribution in [2.75, 3.05) is 0 Å². The summed E-state index contributed by atoms with van der Waals surface area (Å²) < 4.78 is 10.5. The van der Waals surface area contributed by atoms with Crippen molar-refractivity contribution in [3.63, 3.8) is 0 Å². The van der Waals surface area contributed by atoms with Crippen LogP contribution in [0.15, 0.2) is 12.2 Å². The lowest BCUT2D eigenvalue weighted by Crippen LogP contribution is -2.40. The van der Waals surface area contributed by atoms with Crippen LogP contribution in [0.25, 0.3) is 0 Å². The largest absolute Gasteiger partial charge is 0.481 e. The molecular weight excluding hydrogens is 376 g/mol. The highest BCUT2D eigenvalue weighted by Gasteiger charge is 2.32. The first-order valence-electron chi connectivity index (χ1n) is 10.5. The molecule has 0 aliphatic rings. The molecule has 0 fully saturated rings. The minimum Gasteiger partial charge on any atom is -0.481 e. The first kappa shape index (κ1) is 26.8. The van der Waals surface area contributed by atoms with Gasteiger partial charge in [0.25, 0.3) is 0 Å². The molecule has 0 aromatic carbocycles. The van der Waals surface area contributed by atoms with E-state index in [1.165, 1.54) is 13.8 Å². The van der Waals surface area contributed by atoms with E-state index in [0.717, 1.165) is 25.7 Å². The van der Waals surface area contributed by atoms with Crippen LogP contribution >= 0.6 is 0 Å². The van der Waals surface area contributed by atoms with E-state index >= 15 is 0 Å². The van der Waals surface area contributed by atoms with E-state index in [9.17, 15) is 19.2 Å². The third-order valence-corrected chi connectivity index (χ3v) is 4.34. The first-order valence-corrected chi connectivity index (χ1v) is 10.5. The first-order chi connectivity index (χ1) is 13.8. The summed E-state index contributed by atoms with van der Waals surface area (Å²) in [5, 5.41) is 8.63. The number of ketones is 1. The Morgan fingerprint density at radius 2 is 1.45 bits per heavy atom. The number of carbonyl (C=O) groups excluding carboxylic acids is 3. The number of carbonyl (C=O) groups is 4. The Labute approximate surface area is 173 Å². The third-order valence-electron chi connectivity index (χ3n) is 4.34. The van der Waals surface area contributed by atoms with Gasteiger partial charge < -0.3 is 14.6 Å². The lowest BCUT2D eigenvalue weighted by Gasteiger charge is -2.24. The van der Waals surface area contributed by atoms with Gasteiger partial charge >= 0.3 is 17.9 Å². The molecule has 0 radical (unpaired) electrons. The Morgan fingerprint density at radius 3 is 2.00 bits per heavy atom. The molecule has 0 amide bonds. The number of esters is 2. The number of unbranched alkanes of at least 4 members (excludes halogenated alkanes) is 6. The third kappa shape index (κ3) is 15.4. The van der Waals surface area contributed by atoms with Crippen LogP contribution < -0.4 is 0 Å². The Balaban J connectivity index is 4.78. The molecule has 0 spiro atoms. The maximum Gasteiger partial charge on any atom is 0.303 e. The van der Waals surface area contributed by atoms with Crippen molar-refractivity contribution in [2.24, 2.45) is 0 Å². The van der Waals surface area contributed by atoms with Crippen LogP contribution in [0.4, 0.5) is 0 Å². The summed E-state index contributed by atoms with van der Waals surface area (Å²) in [6, 6.07) is 0. The number of rotatable bonds is 17. The highest BCUT2D eigenvalue weighted by atomic mass is 16.6. The highest BCUT2D eigenvalue weighted by Crippen LogP contribution is 2.16. The molecule has 1 N–H and O–H groups in total. The molecule has 0 aliphatic carbocycles. The zero-order valence-corrected chi connectivity index (χ0v) is 18.0. The molecule has 0 saturated heterocycles. The molecule has 2 atom stereocenters. The van der Waals surface area contributed by atoms with Crippen LogP contribution in [0, 0.1) is 0 Å². The summed E-state index contributed by atoms with van der Waals surface area (Å²) in [4.78, 5) is 46.1. The van der Waals surface area contributed by atoms with Gasteiger partial charge in [-0.25, -0.2) is 0 Å². The maximum absolute atomic E-state index is 12.6. The average molecular weight is 413 g/mol. The van der Waals surface area contributed by atoms with Gasteiger partial charge in [0.15, 0.2) is 11.9 Å². The van der Waals surface area contributed by atoms with E-state index in [1.807, 2.05) is 12.2 Å². The predicted octanol–water partition coefficient (Wildman–Crippen LogP) is 4.37. The maximum atomic E-state index is 12.6. The van der Waals surface area contributed by atoms with E-state index in [4.69, 9.17) is 14.6 Å². The number of carboxylic acid groups (broad SMARTS) is 1. The number of Topliss-reactive ketones (excluding diaryl/α,β-unsaturated/α-hetero) is 1. The lowest BCUT2D eigenvalue weighted by atomic mass is 10.00. The summed E-state index contributed by atoms with van der Waals surface area (Å²) in [6.45, 7) is 4.61. The Bertz CT molecular complexity index is 539. The fourth-order valence-electron chi connectivity index (χ4n) is 2.91. The average Bonchev–Trinajstić information content (AvgIpc) is 2.63. The molecule has 0 heterocycles. The number of ether oxygens (including phenoxy) is 2. The quantitative estimate of drug-likeness (QED) is 0.215. The molecule has 0 aromatic heterocycles. The van der Waals surface area contributed by atoms with Gasteiger partial charge in [-0.3, -0.25) is 19.2 Å². The van der Waals surface area contributed by atoms with Crippen LogP contribution in [0.1, 0.15) is 91.4 Å². The minimum atomic E-state index is -1.13. The lowest BCUT2D eigenvalue weighted by molar-refractivity contribution is -0.169. The number of aliphatic carboxylic acids is 1. The smallest absolute Gasteiger partial charge is 0.303 e.